The van der Waals surface area contributed by atoms with Crippen molar-refractivity contribution in [1.29, 1.82) is 0 Å². The third-order valence-electron chi connectivity index (χ3n) is 5.69. The molecule has 1 N–H and O–H groups in total. The summed E-state index contributed by atoms with van der Waals surface area (Å²) >= 11 is 6.14. The Bertz CT molecular complexity index is 860. The van der Waals surface area contributed by atoms with Gasteiger partial charge in [0.1, 0.15) is 0 Å². The van der Waals surface area contributed by atoms with E-state index < -0.39 is 6.10 Å². The van der Waals surface area contributed by atoms with Crippen molar-refractivity contribution in [3.63, 3.8) is 0 Å². The van der Waals surface area contributed by atoms with E-state index in [2.05, 4.69) is 40.1 Å². The lowest BCUT2D eigenvalue weighted by molar-refractivity contribution is 0.0962. The second-order valence-electron chi connectivity index (χ2n) is 7.63. The molecule has 0 spiro atoms. The van der Waals surface area contributed by atoms with Gasteiger partial charge in [0.2, 0.25) is 0 Å². The Morgan fingerprint density at radius 1 is 0.767 bits per heavy atom. The lowest BCUT2D eigenvalue weighted by Gasteiger charge is -2.38. The quantitative estimate of drug-likeness (QED) is 0.576. The number of aliphatic hydroxyl groups is 1. The summed E-state index contributed by atoms with van der Waals surface area (Å²) in [5.41, 5.74) is 3.48. The largest absolute Gasteiger partial charge is 0.391 e. The van der Waals surface area contributed by atoms with Gasteiger partial charge in [-0.05, 0) is 29.3 Å². The Hall–Kier alpha value is -2.04. The van der Waals surface area contributed by atoms with Crippen molar-refractivity contribution in [2.75, 3.05) is 37.6 Å². The van der Waals surface area contributed by atoms with Crippen LogP contribution in [0.1, 0.15) is 17.0 Å². The third-order valence-corrected chi connectivity index (χ3v) is 5.93. The van der Waals surface area contributed by atoms with Crippen LogP contribution in [0, 0.1) is 0 Å². The number of hydrogen-bond donors (Lipinski definition) is 1. The van der Waals surface area contributed by atoms with Crippen LogP contribution in [-0.2, 0) is 0 Å². The number of piperazine rings is 1. The van der Waals surface area contributed by atoms with Crippen molar-refractivity contribution < 1.29 is 5.11 Å². The second-order valence-corrected chi connectivity index (χ2v) is 8.07. The van der Waals surface area contributed by atoms with Crippen LogP contribution in [-0.4, -0.2) is 48.8 Å². The van der Waals surface area contributed by atoms with Crippen LogP contribution in [0.2, 0.25) is 5.02 Å². The Labute approximate surface area is 190 Å². The summed E-state index contributed by atoms with van der Waals surface area (Å²) in [6.07, 6.45) is -0.461. The zero-order valence-electron chi connectivity index (χ0n) is 16.9. The summed E-state index contributed by atoms with van der Waals surface area (Å²) in [5.74, 6) is -0.0247. The Morgan fingerprint density at radius 2 is 1.33 bits per heavy atom. The molecule has 30 heavy (non-hydrogen) atoms. The molecule has 4 rings (SSSR count). The fraction of sp³-hybridized carbons (Fsp3) is 0.280. The average molecular weight is 443 g/mol. The molecule has 3 nitrogen and oxygen atoms in total. The van der Waals surface area contributed by atoms with Crippen molar-refractivity contribution >= 4 is 29.7 Å². The highest BCUT2D eigenvalue weighted by atomic mass is 35.5. The van der Waals surface area contributed by atoms with Crippen LogP contribution in [0.25, 0.3) is 0 Å². The van der Waals surface area contributed by atoms with E-state index >= 15 is 0 Å². The van der Waals surface area contributed by atoms with E-state index in [1.165, 1.54) is 5.69 Å². The molecular weight excluding hydrogens is 415 g/mol. The third kappa shape index (κ3) is 5.55. The normalized spacial score (nSPS) is 15.6. The highest BCUT2D eigenvalue weighted by Gasteiger charge is 2.27. The van der Waals surface area contributed by atoms with Gasteiger partial charge in [0.05, 0.1) is 6.10 Å². The van der Waals surface area contributed by atoms with E-state index in [1.807, 2.05) is 54.6 Å². The average Bonchev–Trinajstić information content (AvgIpc) is 2.76. The lowest BCUT2D eigenvalue weighted by atomic mass is 9.86. The number of anilines is 1. The molecule has 3 aromatic rings. The first-order valence-electron chi connectivity index (χ1n) is 10.2. The molecule has 0 aromatic heterocycles. The fourth-order valence-electron chi connectivity index (χ4n) is 4.19. The molecule has 1 atom stereocenters. The molecule has 158 valence electrons. The van der Waals surface area contributed by atoms with Gasteiger partial charge < -0.3 is 10.0 Å². The van der Waals surface area contributed by atoms with Crippen LogP contribution < -0.4 is 4.90 Å². The SMILES string of the molecule is Cl.OC(CN1CCN(c2cccc(Cl)c2)CC1)C(c1ccccc1)c1ccccc1. The van der Waals surface area contributed by atoms with Crippen molar-refractivity contribution in [2.24, 2.45) is 0 Å². The van der Waals surface area contributed by atoms with E-state index in [-0.39, 0.29) is 18.3 Å². The molecule has 0 amide bonds. The van der Waals surface area contributed by atoms with Gasteiger partial charge in [0.25, 0.3) is 0 Å². The predicted octanol–water partition coefficient (Wildman–Crippen LogP) is 5.08. The van der Waals surface area contributed by atoms with Gasteiger partial charge >= 0.3 is 0 Å². The Morgan fingerprint density at radius 3 is 1.87 bits per heavy atom. The highest BCUT2D eigenvalue weighted by Crippen LogP contribution is 2.29. The molecule has 1 heterocycles. The summed E-state index contributed by atoms with van der Waals surface area (Å²) in [5, 5.41) is 12.0. The summed E-state index contributed by atoms with van der Waals surface area (Å²) in [4.78, 5) is 4.73. The molecule has 3 aromatic carbocycles. The predicted molar refractivity (Wildman–Crippen MR) is 128 cm³/mol. The van der Waals surface area contributed by atoms with Crippen LogP contribution in [0.3, 0.4) is 0 Å². The Balaban J connectivity index is 0.00000256. The van der Waals surface area contributed by atoms with Crippen molar-refractivity contribution in [1.82, 2.24) is 4.90 Å². The molecule has 1 aliphatic heterocycles. The van der Waals surface area contributed by atoms with E-state index in [0.29, 0.717) is 6.54 Å². The van der Waals surface area contributed by atoms with E-state index in [1.54, 1.807) is 0 Å². The molecule has 1 fully saturated rings. The van der Waals surface area contributed by atoms with Gasteiger partial charge in [-0.15, -0.1) is 12.4 Å². The number of rotatable bonds is 6. The molecule has 0 bridgehead atoms. The number of nitrogens with zero attached hydrogens (tertiary/aromatic N) is 2. The van der Waals surface area contributed by atoms with Gasteiger partial charge in [0, 0.05) is 49.4 Å². The first kappa shape index (κ1) is 22.6. The van der Waals surface area contributed by atoms with Crippen molar-refractivity contribution in [3.8, 4) is 0 Å². The molecule has 1 saturated heterocycles. The summed E-state index contributed by atoms with van der Waals surface area (Å²) in [7, 11) is 0. The van der Waals surface area contributed by atoms with Gasteiger partial charge in [-0.2, -0.15) is 0 Å². The first-order valence-corrected chi connectivity index (χ1v) is 10.6. The molecule has 0 saturated carbocycles. The second kappa shape index (κ2) is 10.8. The topological polar surface area (TPSA) is 26.7 Å². The van der Waals surface area contributed by atoms with Crippen LogP contribution in [0.15, 0.2) is 84.9 Å². The number of hydrogen-bond acceptors (Lipinski definition) is 3. The van der Waals surface area contributed by atoms with Crippen LogP contribution in [0.4, 0.5) is 5.69 Å². The fourth-order valence-corrected chi connectivity index (χ4v) is 4.37. The minimum Gasteiger partial charge on any atom is -0.391 e. The zero-order chi connectivity index (χ0) is 20.1. The maximum atomic E-state index is 11.2. The Kier molecular flexibility index (Phi) is 8.17. The van der Waals surface area contributed by atoms with Gasteiger partial charge in [-0.1, -0.05) is 78.3 Å². The molecule has 0 radical (unpaired) electrons. The molecule has 1 aliphatic rings. The van der Waals surface area contributed by atoms with Crippen LogP contribution >= 0.6 is 24.0 Å². The first-order chi connectivity index (χ1) is 14.2. The molecular formula is C25H28Cl2N2O. The van der Waals surface area contributed by atoms with Gasteiger partial charge in [0.15, 0.2) is 0 Å². The maximum absolute atomic E-state index is 11.2. The molecule has 5 heteroatoms. The zero-order valence-corrected chi connectivity index (χ0v) is 18.5. The van der Waals surface area contributed by atoms with Crippen molar-refractivity contribution in [2.45, 2.75) is 12.0 Å². The number of benzene rings is 3. The monoisotopic (exact) mass is 442 g/mol. The van der Waals surface area contributed by atoms with Crippen LogP contribution in [0.5, 0.6) is 0 Å². The summed E-state index contributed by atoms with van der Waals surface area (Å²) in [6.45, 7) is 4.40. The number of halogens is 2. The minimum absolute atomic E-state index is 0. The van der Waals surface area contributed by atoms with E-state index in [9.17, 15) is 5.11 Å². The minimum atomic E-state index is -0.461. The number of β-amino-alcohol motifs (C(OH)–C–C–N with tert-alkyl or cyclic N) is 1. The van der Waals surface area contributed by atoms with Crippen molar-refractivity contribution in [3.05, 3.63) is 101 Å². The standard InChI is InChI=1S/C25H27ClN2O.ClH/c26-22-12-7-13-23(18-22)28-16-14-27(15-17-28)19-24(29)25(20-8-3-1-4-9-20)21-10-5-2-6-11-21;/h1-13,18,24-25,29H,14-17,19H2;1H. The molecule has 0 aliphatic carbocycles. The van der Waals surface area contributed by atoms with E-state index in [4.69, 9.17) is 11.6 Å². The smallest absolute Gasteiger partial charge is 0.0776 e. The van der Waals surface area contributed by atoms with Gasteiger partial charge in [-0.3, -0.25) is 4.90 Å². The maximum Gasteiger partial charge on any atom is 0.0776 e. The summed E-state index contributed by atoms with van der Waals surface area (Å²) < 4.78 is 0. The van der Waals surface area contributed by atoms with Gasteiger partial charge in [-0.25, -0.2) is 0 Å². The highest BCUT2D eigenvalue weighted by molar-refractivity contribution is 6.30. The van der Waals surface area contributed by atoms with E-state index in [0.717, 1.165) is 42.3 Å². The summed E-state index contributed by atoms with van der Waals surface area (Å²) in [6, 6.07) is 28.7. The lowest BCUT2D eigenvalue weighted by Crippen LogP contribution is -2.49. The number of aliphatic hydroxyl groups excluding tert-OH is 1. The molecule has 1 unspecified atom stereocenters.